The predicted molar refractivity (Wildman–Crippen MR) is 92.2 cm³/mol. The summed E-state index contributed by atoms with van der Waals surface area (Å²) < 4.78 is 30.9. The molecule has 0 saturated heterocycles. The van der Waals surface area contributed by atoms with Gasteiger partial charge in [-0.2, -0.15) is 0 Å². The highest BCUT2D eigenvalue weighted by Gasteiger charge is 2.07. The maximum atomic E-state index is 13.1. The average molecular weight is 351 g/mol. The molecule has 0 bridgehead atoms. The lowest BCUT2D eigenvalue weighted by Crippen LogP contribution is -2.35. The van der Waals surface area contributed by atoms with E-state index in [1.165, 1.54) is 6.07 Å². The smallest absolute Gasteiger partial charge is 0.243 e. The van der Waals surface area contributed by atoms with Gasteiger partial charge in [0, 0.05) is 17.4 Å². The summed E-state index contributed by atoms with van der Waals surface area (Å²) in [5.41, 5.74) is 0.893. The van der Waals surface area contributed by atoms with Gasteiger partial charge in [0.25, 0.3) is 0 Å². The van der Waals surface area contributed by atoms with Crippen LogP contribution in [0.4, 0.5) is 20.2 Å². The van der Waals surface area contributed by atoms with Crippen LogP contribution in [0.2, 0.25) is 0 Å². The maximum Gasteiger partial charge on any atom is 0.243 e. The van der Waals surface area contributed by atoms with Crippen LogP contribution in [-0.2, 0) is 4.79 Å². The molecule has 2 rings (SSSR count). The molecular formula is C16H15F2N3O2S. The number of hydrogen-bond acceptors (Lipinski definition) is 3. The van der Waals surface area contributed by atoms with Crippen LogP contribution in [0.15, 0.2) is 42.5 Å². The molecule has 0 unspecified atom stereocenters. The first-order valence-corrected chi connectivity index (χ1v) is 7.32. The Balaban J connectivity index is 1.79. The highest BCUT2D eigenvalue weighted by molar-refractivity contribution is 7.80. The summed E-state index contributed by atoms with van der Waals surface area (Å²) in [6, 6.07) is 10.2. The van der Waals surface area contributed by atoms with Crippen LogP contribution < -0.4 is 20.7 Å². The van der Waals surface area contributed by atoms with Crippen molar-refractivity contribution in [1.82, 2.24) is 5.32 Å². The van der Waals surface area contributed by atoms with Gasteiger partial charge in [-0.15, -0.1) is 0 Å². The van der Waals surface area contributed by atoms with E-state index in [9.17, 15) is 13.6 Å². The van der Waals surface area contributed by atoms with Gasteiger partial charge in [-0.3, -0.25) is 4.79 Å². The van der Waals surface area contributed by atoms with Gasteiger partial charge in [-0.1, -0.05) is 0 Å². The minimum atomic E-state index is -1.03. The fourth-order valence-electron chi connectivity index (χ4n) is 1.79. The molecule has 1 amide bonds. The zero-order chi connectivity index (χ0) is 17.5. The largest absolute Gasteiger partial charge is 0.497 e. The monoisotopic (exact) mass is 351 g/mol. The number of nitrogens with one attached hydrogen (secondary N) is 3. The van der Waals surface area contributed by atoms with E-state index >= 15 is 0 Å². The lowest BCUT2D eigenvalue weighted by Gasteiger charge is -2.11. The van der Waals surface area contributed by atoms with Crippen molar-refractivity contribution in [3.05, 3.63) is 54.1 Å². The molecule has 0 fully saturated rings. The van der Waals surface area contributed by atoms with Crippen molar-refractivity contribution < 1.29 is 18.3 Å². The normalized spacial score (nSPS) is 9.96. The number of hydrogen-bond donors (Lipinski definition) is 3. The van der Waals surface area contributed by atoms with Crippen molar-refractivity contribution in [3.63, 3.8) is 0 Å². The van der Waals surface area contributed by atoms with Gasteiger partial charge in [0.05, 0.1) is 13.7 Å². The Bertz CT molecular complexity index is 739. The molecule has 0 saturated carbocycles. The second-order valence-corrected chi connectivity index (χ2v) is 5.12. The Hall–Kier alpha value is -2.74. The van der Waals surface area contributed by atoms with Crippen molar-refractivity contribution in [1.29, 1.82) is 0 Å². The van der Waals surface area contributed by atoms with Gasteiger partial charge in [0.15, 0.2) is 16.7 Å². The third kappa shape index (κ3) is 5.17. The number of methoxy groups -OCH3 is 1. The highest BCUT2D eigenvalue weighted by Crippen LogP contribution is 2.15. The van der Waals surface area contributed by atoms with Crippen LogP contribution in [0.3, 0.4) is 0 Å². The Morgan fingerprint density at radius 3 is 2.33 bits per heavy atom. The zero-order valence-electron chi connectivity index (χ0n) is 12.7. The standard InChI is InChI=1S/C16H15F2N3O2S/c1-23-12-5-2-10(3-6-12)21-16(24)19-9-15(22)20-11-4-7-13(17)14(18)8-11/h2-8H,9H2,1H3,(H,20,22)(H2,19,21,24). The SMILES string of the molecule is COc1ccc(NC(=S)NCC(=O)Nc2ccc(F)c(F)c2)cc1. The van der Waals surface area contributed by atoms with E-state index in [-0.39, 0.29) is 17.3 Å². The third-order valence-electron chi connectivity index (χ3n) is 2.96. The summed E-state index contributed by atoms with van der Waals surface area (Å²) in [6.07, 6.45) is 0. The summed E-state index contributed by atoms with van der Waals surface area (Å²) >= 11 is 5.08. The Morgan fingerprint density at radius 2 is 1.71 bits per heavy atom. The van der Waals surface area contributed by atoms with E-state index < -0.39 is 17.5 Å². The first-order valence-electron chi connectivity index (χ1n) is 6.92. The van der Waals surface area contributed by atoms with Crippen LogP contribution in [0.1, 0.15) is 0 Å². The minimum Gasteiger partial charge on any atom is -0.497 e. The molecule has 126 valence electrons. The van der Waals surface area contributed by atoms with Gasteiger partial charge >= 0.3 is 0 Å². The molecule has 0 heterocycles. The van der Waals surface area contributed by atoms with Crippen molar-refractivity contribution in [2.24, 2.45) is 0 Å². The van der Waals surface area contributed by atoms with Crippen LogP contribution in [0.25, 0.3) is 0 Å². The average Bonchev–Trinajstić information content (AvgIpc) is 2.57. The minimum absolute atomic E-state index is 0.124. The van der Waals surface area contributed by atoms with Crippen LogP contribution in [0.5, 0.6) is 5.75 Å². The second kappa shape index (κ2) is 8.21. The van der Waals surface area contributed by atoms with Gasteiger partial charge in [-0.05, 0) is 48.6 Å². The van der Waals surface area contributed by atoms with E-state index in [2.05, 4.69) is 16.0 Å². The fourth-order valence-corrected chi connectivity index (χ4v) is 1.98. The van der Waals surface area contributed by atoms with Crippen molar-refractivity contribution >= 4 is 34.6 Å². The summed E-state index contributed by atoms with van der Waals surface area (Å²) in [5.74, 6) is -1.74. The summed E-state index contributed by atoms with van der Waals surface area (Å²) in [6.45, 7) is -0.124. The Labute approximate surface area is 143 Å². The van der Waals surface area contributed by atoms with Crippen molar-refractivity contribution in [2.75, 3.05) is 24.3 Å². The van der Waals surface area contributed by atoms with E-state index in [4.69, 9.17) is 17.0 Å². The summed E-state index contributed by atoms with van der Waals surface area (Å²) in [7, 11) is 1.57. The van der Waals surface area contributed by atoms with Crippen LogP contribution in [-0.4, -0.2) is 24.7 Å². The predicted octanol–water partition coefficient (Wildman–Crippen LogP) is 2.90. The molecule has 5 nitrogen and oxygen atoms in total. The maximum absolute atomic E-state index is 13.1. The molecule has 2 aromatic carbocycles. The quantitative estimate of drug-likeness (QED) is 0.723. The molecule has 3 N–H and O–H groups in total. The van der Waals surface area contributed by atoms with Gasteiger partial charge in [0.2, 0.25) is 5.91 Å². The second-order valence-electron chi connectivity index (χ2n) is 4.71. The highest BCUT2D eigenvalue weighted by atomic mass is 32.1. The lowest BCUT2D eigenvalue weighted by atomic mass is 10.3. The molecule has 8 heteroatoms. The summed E-state index contributed by atoms with van der Waals surface area (Å²) in [4.78, 5) is 11.8. The molecule has 0 radical (unpaired) electrons. The fraction of sp³-hybridized carbons (Fsp3) is 0.125. The van der Waals surface area contributed by atoms with E-state index in [1.807, 2.05) is 0 Å². The Kier molecular flexibility index (Phi) is 6.02. The van der Waals surface area contributed by atoms with E-state index in [0.717, 1.165) is 17.8 Å². The van der Waals surface area contributed by atoms with Gasteiger partial charge < -0.3 is 20.7 Å². The molecular weight excluding hydrogens is 336 g/mol. The first kappa shape index (κ1) is 17.6. The van der Waals surface area contributed by atoms with Crippen LogP contribution >= 0.6 is 12.2 Å². The molecule has 2 aromatic rings. The molecule has 0 spiro atoms. The van der Waals surface area contributed by atoms with E-state index in [0.29, 0.717) is 5.75 Å². The van der Waals surface area contributed by atoms with E-state index in [1.54, 1.807) is 31.4 Å². The molecule has 24 heavy (non-hydrogen) atoms. The number of carbonyl (C=O) groups excluding carboxylic acids is 1. The first-order chi connectivity index (χ1) is 11.5. The molecule has 0 aliphatic rings. The van der Waals surface area contributed by atoms with Gasteiger partial charge in [0.1, 0.15) is 5.75 Å². The number of ether oxygens (including phenoxy) is 1. The Morgan fingerprint density at radius 1 is 1.04 bits per heavy atom. The van der Waals surface area contributed by atoms with Crippen molar-refractivity contribution in [3.8, 4) is 5.75 Å². The number of benzene rings is 2. The van der Waals surface area contributed by atoms with Crippen molar-refractivity contribution in [2.45, 2.75) is 0 Å². The number of thiocarbonyl (C=S) groups is 1. The number of carbonyl (C=O) groups is 1. The number of rotatable bonds is 5. The molecule has 0 atom stereocenters. The molecule has 0 aliphatic heterocycles. The number of amides is 1. The number of anilines is 2. The third-order valence-corrected chi connectivity index (χ3v) is 3.21. The molecule has 0 aliphatic carbocycles. The topological polar surface area (TPSA) is 62.4 Å². The molecule has 0 aromatic heterocycles. The number of halogens is 2. The lowest BCUT2D eigenvalue weighted by molar-refractivity contribution is -0.115. The summed E-state index contributed by atoms with van der Waals surface area (Å²) in [5, 5.41) is 8.30. The zero-order valence-corrected chi connectivity index (χ0v) is 13.5. The van der Waals surface area contributed by atoms with Crippen LogP contribution in [0, 0.1) is 11.6 Å². The van der Waals surface area contributed by atoms with Gasteiger partial charge in [-0.25, -0.2) is 8.78 Å².